The van der Waals surface area contributed by atoms with Gasteiger partial charge in [-0.05, 0) is 12.1 Å². The molecule has 0 aliphatic carbocycles. The number of thiazole rings is 1. The van der Waals surface area contributed by atoms with Gasteiger partial charge in [-0.2, -0.15) is 0 Å². The molecule has 0 unspecified atom stereocenters. The molecule has 0 spiro atoms. The maximum Gasteiger partial charge on any atom is 0.275 e. The number of benzene rings is 1. The number of nitrogens with zero attached hydrogens (tertiary/aromatic N) is 1. The summed E-state index contributed by atoms with van der Waals surface area (Å²) in [6.45, 7) is 1.56. The summed E-state index contributed by atoms with van der Waals surface area (Å²) in [4.78, 5) is 15.9. The molecule has 1 amide bonds. The molecule has 0 radical (unpaired) electrons. The van der Waals surface area contributed by atoms with Gasteiger partial charge in [-0.1, -0.05) is 19.1 Å². The third-order valence-corrected chi connectivity index (χ3v) is 4.89. The number of anilines is 1. The summed E-state index contributed by atoms with van der Waals surface area (Å²) in [5.74, 6) is -0.434. The van der Waals surface area contributed by atoms with Gasteiger partial charge in [0.2, 0.25) is 0 Å². The van der Waals surface area contributed by atoms with E-state index in [1.54, 1.807) is 36.0 Å². The molecule has 0 bridgehead atoms. The van der Waals surface area contributed by atoms with Crippen molar-refractivity contribution in [2.75, 3.05) is 11.1 Å². The van der Waals surface area contributed by atoms with Gasteiger partial charge < -0.3 is 5.32 Å². The van der Waals surface area contributed by atoms with Crippen LogP contribution in [0.5, 0.6) is 0 Å². The van der Waals surface area contributed by atoms with Gasteiger partial charge in [0.1, 0.15) is 5.69 Å². The van der Waals surface area contributed by atoms with Crippen molar-refractivity contribution in [2.24, 2.45) is 0 Å². The average Bonchev–Trinajstić information content (AvgIpc) is 2.93. The molecule has 0 aliphatic rings. The fourth-order valence-corrected chi connectivity index (χ4v) is 3.09. The van der Waals surface area contributed by atoms with Crippen molar-refractivity contribution in [3.8, 4) is 0 Å². The average molecular weight is 296 g/mol. The number of hydrogen-bond acceptors (Lipinski definition) is 5. The van der Waals surface area contributed by atoms with Crippen molar-refractivity contribution in [3.05, 3.63) is 40.8 Å². The van der Waals surface area contributed by atoms with E-state index in [0.29, 0.717) is 0 Å². The number of nitrogens with one attached hydrogen (secondary N) is 1. The van der Waals surface area contributed by atoms with Crippen LogP contribution in [0.15, 0.2) is 40.1 Å². The normalized spacial score (nSPS) is 11.2. The first-order valence-electron chi connectivity index (χ1n) is 5.56. The minimum atomic E-state index is -3.38. The zero-order valence-corrected chi connectivity index (χ0v) is 11.8. The predicted molar refractivity (Wildman–Crippen MR) is 74.2 cm³/mol. The number of carbonyl (C=O) groups excluding carboxylic acids is 1. The summed E-state index contributed by atoms with van der Waals surface area (Å²) in [6, 6.07) is 6.34. The van der Waals surface area contributed by atoms with Crippen molar-refractivity contribution in [1.29, 1.82) is 0 Å². The summed E-state index contributed by atoms with van der Waals surface area (Å²) in [5, 5.41) is 4.18. The van der Waals surface area contributed by atoms with Crippen LogP contribution in [-0.2, 0) is 9.84 Å². The summed E-state index contributed by atoms with van der Waals surface area (Å²) in [5.41, 5.74) is 2.10. The fourth-order valence-electron chi connectivity index (χ4n) is 1.51. The number of sulfone groups is 1. The second-order valence-electron chi connectivity index (χ2n) is 3.73. The molecule has 19 heavy (non-hydrogen) atoms. The van der Waals surface area contributed by atoms with Crippen molar-refractivity contribution in [1.82, 2.24) is 4.98 Å². The van der Waals surface area contributed by atoms with Gasteiger partial charge in [0.25, 0.3) is 5.91 Å². The number of carbonyl (C=O) groups is 1. The highest BCUT2D eigenvalue weighted by atomic mass is 32.2. The van der Waals surface area contributed by atoms with Crippen molar-refractivity contribution in [3.63, 3.8) is 0 Å². The maximum atomic E-state index is 11.9. The Labute approximate surface area is 115 Å². The van der Waals surface area contributed by atoms with E-state index >= 15 is 0 Å². The second kappa shape index (κ2) is 5.50. The molecule has 0 fully saturated rings. The molecule has 0 aliphatic heterocycles. The lowest BCUT2D eigenvalue weighted by Crippen LogP contribution is -2.15. The summed E-state index contributed by atoms with van der Waals surface area (Å²) in [7, 11) is -3.38. The Morgan fingerprint density at radius 1 is 1.37 bits per heavy atom. The zero-order valence-electron chi connectivity index (χ0n) is 10.2. The smallest absolute Gasteiger partial charge is 0.275 e. The highest BCUT2D eigenvalue weighted by Crippen LogP contribution is 2.22. The number of rotatable bonds is 4. The minimum Gasteiger partial charge on any atom is -0.319 e. The molecule has 0 atom stereocenters. The SMILES string of the molecule is CCS(=O)(=O)c1ccccc1NC(=O)c1cscn1. The molecule has 2 rings (SSSR count). The van der Waals surface area contributed by atoms with Gasteiger partial charge in [0.05, 0.1) is 21.8 Å². The standard InChI is InChI=1S/C12H12N2O3S2/c1-2-19(16,17)11-6-4-3-5-9(11)14-12(15)10-7-18-8-13-10/h3-8H,2H2,1H3,(H,14,15). The molecule has 2 aromatic rings. The third kappa shape index (κ3) is 2.99. The quantitative estimate of drug-likeness (QED) is 0.938. The Morgan fingerprint density at radius 3 is 2.74 bits per heavy atom. The second-order valence-corrected chi connectivity index (χ2v) is 6.69. The Hall–Kier alpha value is -1.73. The largest absolute Gasteiger partial charge is 0.319 e. The van der Waals surface area contributed by atoms with Crippen LogP contribution in [0.4, 0.5) is 5.69 Å². The monoisotopic (exact) mass is 296 g/mol. The maximum absolute atomic E-state index is 11.9. The van der Waals surface area contributed by atoms with Gasteiger partial charge in [-0.15, -0.1) is 11.3 Å². The van der Waals surface area contributed by atoms with E-state index in [0.717, 1.165) is 0 Å². The Balaban J connectivity index is 2.34. The molecule has 0 saturated carbocycles. The highest BCUT2D eigenvalue weighted by molar-refractivity contribution is 7.91. The summed E-state index contributed by atoms with van der Waals surface area (Å²) >= 11 is 1.30. The van der Waals surface area contributed by atoms with Crippen LogP contribution in [0.25, 0.3) is 0 Å². The van der Waals surface area contributed by atoms with Gasteiger partial charge in [-0.3, -0.25) is 4.79 Å². The van der Waals surface area contributed by atoms with E-state index in [-0.39, 0.29) is 22.0 Å². The fraction of sp³-hybridized carbons (Fsp3) is 0.167. The molecule has 1 aromatic carbocycles. The van der Waals surface area contributed by atoms with Crippen LogP contribution in [0.1, 0.15) is 17.4 Å². The van der Waals surface area contributed by atoms with E-state index in [9.17, 15) is 13.2 Å². The highest BCUT2D eigenvalue weighted by Gasteiger charge is 2.18. The Morgan fingerprint density at radius 2 is 2.11 bits per heavy atom. The molecule has 0 saturated heterocycles. The summed E-state index contributed by atoms with van der Waals surface area (Å²) in [6.07, 6.45) is 0. The van der Waals surface area contributed by atoms with Gasteiger partial charge >= 0.3 is 0 Å². The third-order valence-electron chi connectivity index (χ3n) is 2.52. The lowest BCUT2D eigenvalue weighted by Gasteiger charge is -2.09. The first-order valence-corrected chi connectivity index (χ1v) is 8.15. The van der Waals surface area contributed by atoms with Gasteiger partial charge in [0.15, 0.2) is 9.84 Å². The van der Waals surface area contributed by atoms with Gasteiger partial charge in [-0.25, -0.2) is 13.4 Å². The van der Waals surface area contributed by atoms with E-state index in [1.165, 1.54) is 17.4 Å². The van der Waals surface area contributed by atoms with Crippen LogP contribution in [0.3, 0.4) is 0 Å². The van der Waals surface area contributed by atoms with Crippen molar-refractivity contribution in [2.45, 2.75) is 11.8 Å². The number of amides is 1. The zero-order chi connectivity index (χ0) is 13.9. The minimum absolute atomic E-state index is 0.0173. The first kappa shape index (κ1) is 13.7. The van der Waals surface area contributed by atoms with Crippen LogP contribution >= 0.6 is 11.3 Å². The molecule has 1 heterocycles. The summed E-state index contributed by atoms with van der Waals surface area (Å²) < 4.78 is 23.8. The molecular formula is C12H12N2O3S2. The molecule has 100 valence electrons. The first-order chi connectivity index (χ1) is 9.04. The van der Waals surface area contributed by atoms with Crippen LogP contribution in [0.2, 0.25) is 0 Å². The molecule has 1 N–H and O–H groups in total. The Kier molecular flexibility index (Phi) is 3.96. The van der Waals surface area contributed by atoms with Crippen LogP contribution in [0, 0.1) is 0 Å². The lowest BCUT2D eigenvalue weighted by molar-refractivity contribution is 0.102. The van der Waals surface area contributed by atoms with Crippen LogP contribution in [-0.4, -0.2) is 25.1 Å². The molecule has 1 aromatic heterocycles. The number of aromatic nitrogens is 1. The van der Waals surface area contributed by atoms with Crippen molar-refractivity contribution < 1.29 is 13.2 Å². The van der Waals surface area contributed by atoms with E-state index < -0.39 is 15.7 Å². The molecule has 7 heteroatoms. The van der Waals surface area contributed by atoms with E-state index in [4.69, 9.17) is 0 Å². The Bertz CT molecular complexity index is 679. The molecule has 5 nitrogen and oxygen atoms in total. The molecular weight excluding hydrogens is 284 g/mol. The van der Waals surface area contributed by atoms with Crippen molar-refractivity contribution >= 4 is 32.8 Å². The lowest BCUT2D eigenvalue weighted by atomic mass is 10.3. The van der Waals surface area contributed by atoms with Crippen LogP contribution < -0.4 is 5.32 Å². The van der Waals surface area contributed by atoms with E-state index in [1.807, 2.05) is 0 Å². The number of hydrogen-bond donors (Lipinski definition) is 1. The van der Waals surface area contributed by atoms with E-state index in [2.05, 4.69) is 10.3 Å². The van der Waals surface area contributed by atoms with Gasteiger partial charge in [0, 0.05) is 5.38 Å². The topological polar surface area (TPSA) is 76.1 Å². The number of para-hydroxylation sites is 1. The predicted octanol–water partition coefficient (Wildman–Crippen LogP) is 2.19.